The van der Waals surface area contributed by atoms with Gasteiger partial charge in [-0.25, -0.2) is 8.98 Å². The second kappa shape index (κ2) is 8.42. The molecule has 9 nitrogen and oxygen atoms in total. The van der Waals surface area contributed by atoms with E-state index in [0.29, 0.717) is 21.8 Å². The van der Waals surface area contributed by atoms with Crippen LogP contribution in [0.5, 0.6) is 0 Å². The maximum Gasteiger partial charge on any atom is 0.417 e. The van der Waals surface area contributed by atoms with Gasteiger partial charge in [-0.1, -0.05) is 17.7 Å². The van der Waals surface area contributed by atoms with E-state index in [4.69, 9.17) is 25.9 Å². The van der Waals surface area contributed by atoms with E-state index in [9.17, 15) is 18.0 Å². The first-order valence-corrected chi connectivity index (χ1v) is 10.9. The summed E-state index contributed by atoms with van der Waals surface area (Å²) in [6, 6.07) is 11.8. The third-order valence-electron chi connectivity index (χ3n) is 4.24. The molecule has 0 saturated carbocycles. The second-order valence-electron chi connectivity index (χ2n) is 6.55. The highest BCUT2D eigenvalue weighted by Crippen LogP contribution is 2.28. The Morgan fingerprint density at radius 2 is 1.87 bits per heavy atom. The fourth-order valence-corrected chi connectivity index (χ4v) is 3.57. The van der Waals surface area contributed by atoms with E-state index in [0.717, 1.165) is 6.26 Å². The molecule has 0 spiro atoms. The van der Waals surface area contributed by atoms with E-state index < -0.39 is 34.5 Å². The van der Waals surface area contributed by atoms with Gasteiger partial charge in [0.05, 0.1) is 6.26 Å². The Hall–Kier alpha value is -2.95. The van der Waals surface area contributed by atoms with Gasteiger partial charge in [0.2, 0.25) is 6.29 Å². The summed E-state index contributed by atoms with van der Waals surface area (Å²) in [5.74, 6) is -0.619. The number of benzene rings is 2. The molecule has 2 amide bonds. The van der Waals surface area contributed by atoms with Crippen molar-refractivity contribution < 1.29 is 26.9 Å². The summed E-state index contributed by atoms with van der Waals surface area (Å²) in [7, 11) is -3.81. The largest absolute Gasteiger partial charge is 0.417 e. The second-order valence-corrected chi connectivity index (χ2v) is 8.59. The van der Waals surface area contributed by atoms with Crippen LogP contribution in [0.2, 0.25) is 5.02 Å². The van der Waals surface area contributed by atoms with Gasteiger partial charge in [0.1, 0.15) is 11.9 Å². The minimum absolute atomic E-state index is 0.137. The molecule has 2 N–H and O–H groups in total. The van der Waals surface area contributed by atoms with Crippen molar-refractivity contribution in [2.45, 2.75) is 19.3 Å². The number of halogens is 1. The van der Waals surface area contributed by atoms with Crippen LogP contribution >= 0.6 is 11.6 Å². The standard InChI is InChI=1S/C19H18ClN3O6S/c1-11-18(29-30(2,26)27)28-19(25)23(11)15-8-6-12(7-9-15)16(21)22-17(24)13-4-3-5-14(20)10-13/h3-11,18H,1-2H3,(H2,21,22,24). The molecule has 30 heavy (non-hydrogen) atoms. The third kappa shape index (κ3) is 4.96. The highest BCUT2D eigenvalue weighted by molar-refractivity contribution is 7.86. The predicted molar refractivity (Wildman–Crippen MR) is 110 cm³/mol. The number of amidine groups is 1. The summed E-state index contributed by atoms with van der Waals surface area (Å²) in [5, 5.41) is 11.0. The van der Waals surface area contributed by atoms with E-state index in [1.54, 1.807) is 49.4 Å². The molecular formula is C19H18ClN3O6S. The number of hydrogen-bond donors (Lipinski definition) is 2. The van der Waals surface area contributed by atoms with Crippen molar-refractivity contribution in [1.82, 2.24) is 5.32 Å². The average molecular weight is 452 g/mol. The molecule has 2 unspecified atom stereocenters. The van der Waals surface area contributed by atoms with Gasteiger partial charge in [-0.3, -0.25) is 15.1 Å². The number of anilines is 1. The molecule has 2 atom stereocenters. The smallest absolute Gasteiger partial charge is 0.416 e. The van der Waals surface area contributed by atoms with Gasteiger partial charge in [0, 0.05) is 21.8 Å². The first-order valence-electron chi connectivity index (χ1n) is 8.69. The molecule has 1 aliphatic rings. The Morgan fingerprint density at radius 1 is 1.20 bits per heavy atom. The molecule has 0 bridgehead atoms. The van der Waals surface area contributed by atoms with Crippen LogP contribution in [0.1, 0.15) is 22.8 Å². The lowest BCUT2D eigenvalue weighted by molar-refractivity contribution is -0.00472. The topological polar surface area (TPSA) is 126 Å². The zero-order valence-electron chi connectivity index (χ0n) is 16.0. The van der Waals surface area contributed by atoms with Gasteiger partial charge in [-0.15, -0.1) is 0 Å². The summed E-state index contributed by atoms with van der Waals surface area (Å²) in [6.07, 6.45) is -1.15. The van der Waals surface area contributed by atoms with E-state index in [1.165, 1.54) is 11.0 Å². The molecule has 158 valence electrons. The molecular weight excluding hydrogens is 434 g/mol. The van der Waals surface area contributed by atoms with Gasteiger partial charge >= 0.3 is 6.09 Å². The Morgan fingerprint density at radius 3 is 2.47 bits per heavy atom. The SMILES string of the molecule is CC1C(OS(C)(=O)=O)OC(=O)N1c1ccc(C(=N)NC(=O)c2cccc(Cl)c2)cc1. The Bertz CT molecular complexity index is 1100. The molecule has 11 heteroatoms. The van der Waals surface area contributed by atoms with Crippen molar-refractivity contribution >= 4 is 45.2 Å². The molecule has 0 aliphatic carbocycles. The monoisotopic (exact) mass is 451 g/mol. The summed E-state index contributed by atoms with van der Waals surface area (Å²) in [6.45, 7) is 1.59. The zero-order chi connectivity index (χ0) is 22.1. The number of amides is 2. The maximum absolute atomic E-state index is 12.2. The quantitative estimate of drug-likeness (QED) is 0.409. The highest BCUT2D eigenvalue weighted by atomic mass is 35.5. The molecule has 1 saturated heterocycles. The van der Waals surface area contributed by atoms with Crippen molar-refractivity contribution in [3.8, 4) is 0 Å². The average Bonchev–Trinajstić information content (AvgIpc) is 2.93. The van der Waals surface area contributed by atoms with Crippen LogP contribution in [-0.2, 0) is 19.0 Å². The molecule has 2 aromatic carbocycles. The Kier molecular flexibility index (Phi) is 6.11. The van der Waals surface area contributed by atoms with Crippen molar-refractivity contribution in [3.05, 3.63) is 64.7 Å². The van der Waals surface area contributed by atoms with Gasteiger partial charge in [-0.05, 0) is 49.4 Å². The van der Waals surface area contributed by atoms with Crippen molar-refractivity contribution in [2.75, 3.05) is 11.2 Å². The van der Waals surface area contributed by atoms with Crippen LogP contribution in [-0.4, -0.2) is 44.8 Å². The summed E-state index contributed by atoms with van der Waals surface area (Å²) in [4.78, 5) is 25.6. The number of rotatable bonds is 5. The van der Waals surface area contributed by atoms with Crippen LogP contribution in [0.3, 0.4) is 0 Å². The summed E-state index contributed by atoms with van der Waals surface area (Å²) >= 11 is 5.87. The van der Waals surface area contributed by atoms with Gasteiger partial charge in [0.15, 0.2) is 0 Å². The van der Waals surface area contributed by atoms with Crippen LogP contribution in [0, 0.1) is 5.41 Å². The van der Waals surface area contributed by atoms with Crippen molar-refractivity contribution in [3.63, 3.8) is 0 Å². The van der Waals surface area contributed by atoms with Crippen molar-refractivity contribution in [1.29, 1.82) is 5.41 Å². The summed E-state index contributed by atoms with van der Waals surface area (Å²) in [5.41, 5.74) is 1.14. The lowest BCUT2D eigenvalue weighted by atomic mass is 10.1. The van der Waals surface area contributed by atoms with E-state index in [1.807, 2.05) is 0 Å². The first kappa shape index (κ1) is 21.8. The number of cyclic esters (lactones) is 1. The number of carbonyl (C=O) groups is 2. The molecule has 1 fully saturated rings. The van der Waals surface area contributed by atoms with Crippen LogP contribution in [0.15, 0.2) is 48.5 Å². The van der Waals surface area contributed by atoms with Gasteiger partial charge in [-0.2, -0.15) is 8.42 Å². The number of carbonyl (C=O) groups excluding carboxylic acids is 2. The minimum atomic E-state index is -3.81. The number of nitrogens with one attached hydrogen (secondary N) is 2. The molecule has 0 aromatic heterocycles. The third-order valence-corrected chi connectivity index (χ3v) is 5.02. The predicted octanol–water partition coefficient (Wildman–Crippen LogP) is 2.74. The molecule has 1 heterocycles. The minimum Gasteiger partial charge on any atom is -0.416 e. The zero-order valence-corrected chi connectivity index (χ0v) is 17.5. The highest BCUT2D eigenvalue weighted by Gasteiger charge is 2.42. The molecule has 0 radical (unpaired) electrons. The van der Waals surface area contributed by atoms with E-state index in [2.05, 4.69) is 5.32 Å². The molecule has 2 aromatic rings. The maximum atomic E-state index is 12.2. The van der Waals surface area contributed by atoms with Gasteiger partial charge in [0.25, 0.3) is 16.0 Å². The Labute approximate surface area is 178 Å². The van der Waals surface area contributed by atoms with E-state index >= 15 is 0 Å². The number of nitrogens with zero attached hydrogens (tertiary/aromatic N) is 1. The molecule has 1 aliphatic heterocycles. The number of ether oxygens (including phenoxy) is 1. The van der Waals surface area contributed by atoms with Gasteiger partial charge < -0.3 is 10.1 Å². The van der Waals surface area contributed by atoms with Crippen LogP contribution in [0.4, 0.5) is 10.5 Å². The normalized spacial score (nSPS) is 18.8. The lowest BCUT2D eigenvalue weighted by Gasteiger charge is -2.20. The lowest BCUT2D eigenvalue weighted by Crippen LogP contribution is -2.36. The fourth-order valence-electron chi connectivity index (χ4n) is 2.83. The van der Waals surface area contributed by atoms with Crippen LogP contribution in [0.25, 0.3) is 0 Å². The number of hydrogen-bond acceptors (Lipinski definition) is 7. The summed E-state index contributed by atoms with van der Waals surface area (Å²) < 4.78 is 32.4. The first-order chi connectivity index (χ1) is 14.0. The fraction of sp³-hybridized carbons (Fsp3) is 0.211. The molecule has 3 rings (SSSR count). The van der Waals surface area contributed by atoms with Crippen molar-refractivity contribution in [2.24, 2.45) is 0 Å². The Balaban J connectivity index is 1.71. The van der Waals surface area contributed by atoms with E-state index in [-0.39, 0.29) is 5.84 Å². The van der Waals surface area contributed by atoms with Crippen LogP contribution < -0.4 is 10.2 Å².